The van der Waals surface area contributed by atoms with Gasteiger partial charge in [0.15, 0.2) is 0 Å². The first-order chi connectivity index (χ1) is 68.4. The number of primary amides is 1. The number of carbonyl (C=O) groups excluding carboxylic acids is 19. The summed E-state index contributed by atoms with van der Waals surface area (Å²) in [6, 6.07) is 6.01. The molecular weight excluding hydrogens is 1830 g/mol. The van der Waals surface area contributed by atoms with Crippen molar-refractivity contribution in [2.75, 3.05) is 105 Å². The van der Waals surface area contributed by atoms with Crippen molar-refractivity contribution in [2.45, 2.75) is 285 Å². The van der Waals surface area contributed by atoms with Crippen molar-refractivity contribution in [3.05, 3.63) is 71.8 Å². The van der Waals surface area contributed by atoms with Gasteiger partial charge < -0.3 is 135 Å². The number of hydrogen-bond acceptors (Lipinski definition) is 25. The van der Waals surface area contributed by atoms with Crippen LogP contribution >= 0.6 is 0 Å². The summed E-state index contributed by atoms with van der Waals surface area (Å²) in [5.74, 6) is -13.1. The van der Waals surface area contributed by atoms with Gasteiger partial charge in [0.2, 0.25) is 112 Å². The van der Waals surface area contributed by atoms with Crippen LogP contribution in [0.25, 0.3) is 0 Å². The zero-order valence-corrected chi connectivity index (χ0v) is 82.4. The van der Waals surface area contributed by atoms with E-state index in [1.165, 1.54) is 16.7 Å². The highest BCUT2D eigenvalue weighted by atomic mass is 16.2. The predicted molar refractivity (Wildman–Crippen MR) is 527 cm³/mol. The number of nitrogens with two attached hydrogens (primary N) is 7. The Morgan fingerprint density at radius 1 is 0.310 bits per heavy atom. The van der Waals surface area contributed by atoms with Gasteiger partial charge in [0.25, 0.3) is 0 Å². The molecule has 6 unspecified atom stereocenters. The second-order valence-corrected chi connectivity index (χ2v) is 38.5. The fourth-order valence-corrected chi connectivity index (χ4v) is 20.5. The van der Waals surface area contributed by atoms with E-state index in [-0.39, 0.29) is 146 Å². The number of fused-ring (bicyclic) bond motifs is 3. The Balaban J connectivity index is 0.843. The lowest BCUT2D eigenvalue weighted by molar-refractivity contribution is -0.140. The Hall–Kier alpha value is -11.9. The second kappa shape index (κ2) is 61.9. The number of nitrogens with zero attached hydrogens (tertiary/aromatic N) is 3. The Bertz CT molecular complexity index is 4500. The minimum absolute atomic E-state index is 0.0161. The third kappa shape index (κ3) is 38.1. The molecule has 3 aliphatic heterocycles. The topological polar surface area (TPSA) is 697 Å². The number of likely N-dealkylation sites (tertiary alicyclic amines) is 3. The van der Waals surface area contributed by atoms with Crippen LogP contribution < -0.4 is 120 Å². The van der Waals surface area contributed by atoms with E-state index in [0.29, 0.717) is 127 Å². The quantitative estimate of drug-likeness (QED) is 0.0280. The van der Waals surface area contributed by atoms with Gasteiger partial charge in [-0.2, -0.15) is 0 Å². The van der Waals surface area contributed by atoms with Gasteiger partial charge in [-0.15, -0.1) is 0 Å². The summed E-state index contributed by atoms with van der Waals surface area (Å²) < 4.78 is 0. The van der Waals surface area contributed by atoms with E-state index >= 15 is 0 Å². The number of nitrogens with one attached hydrogen (secondary N) is 15. The minimum Gasteiger partial charge on any atom is -0.368 e. The summed E-state index contributed by atoms with van der Waals surface area (Å²) in [7, 11) is 0. The number of benzene rings is 2. The van der Waals surface area contributed by atoms with Gasteiger partial charge in [0.1, 0.15) is 54.4 Å². The third-order valence-corrected chi connectivity index (χ3v) is 27.9. The fourth-order valence-electron chi connectivity index (χ4n) is 20.5. The van der Waals surface area contributed by atoms with Gasteiger partial charge in [-0.05, 0) is 234 Å². The Labute approximate surface area is 831 Å². The van der Waals surface area contributed by atoms with Gasteiger partial charge in [0.05, 0.1) is 45.8 Å². The molecule has 3 saturated heterocycles. The maximum absolute atomic E-state index is 14.7. The Morgan fingerprint density at radius 3 is 1.04 bits per heavy atom. The number of unbranched alkanes of at least 4 members (excludes halogenated alkanes) is 5. The highest BCUT2D eigenvalue weighted by Gasteiger charge is 2.51. The first-order valence-electron chi connectivity index (χ1n) is 51.1. The van der Waals surface area contributed by atoms with Gasteiger partial charge in [-0.1, -0.05) is 99.2 Å². The second-order valence-electron chi connectivity index (χ2n) is 38.5. The zero-order chi connectivity index (χ0) is 103. The Kier molecular flexibility index (Phi) is 50.3. The van der Waals surface area contributed by atoms with Gasteiger partial charge >= 0.3 is 0 Å². The summed E-state index contributed by atoms with van der Waals surface area (Å²) >= 11 is 0. The number of carbonyl (C=O) groups is 19. The SMILES string of the molecule is CC(=O)NCC(=O)N[C@@H](Cc1ccccc1)C(=O)NCC(=O)N1CC2CCCCC2[C@H]1C(=O)NCC(=O)N[C@H](CCCCN)C(=O)NCC(=O)N1CC2CCCCC2[C@H]1C(=O)NCC(=O)N[C@@H](Cc1ccccc1)C(=O)NCC(=O)N1CC2CCCCC2[C@@H]1CC(=O)N[C@@H](CCCCN)C(=O)NCC(=O)N[C@@H](CCCN)CC(=O)N[C@@H](CCCCN)C(=O)N[C@H](CCCCN)C(=O)N[C@@H](CCCCN)C(N)=O. The van der Waals surface area contributed by atoms with Crippen LogP contribution in [0.15, 0.2) is 60.7 Å². The molecule has 6 fully saturated rings. The highest BCUT2D eigenvalue weighted by molar-refractivity contribution is 5.99. The molecule has 3 saturated carbocycles. The third-order valence-electron chi connectivity index (χ3n) is 27.9. The smallest absolute Gasteiger partial charge is 0.243 e. The number of amides is 19. The maximum atomic E-state index is 14.7. The summed E-state index contributed by atoms with van der Waals surface area (Å²) in [5, 5.41) is 40.3. The molecule has 19 amide bonds. The van der Waals surface area contributed by atoms with Gasteiger partial charge in [-0.3, -0.25) is 91.1 Å². The molecule has 0 radical (unpaired) electrons. The van der Waals surface area contributed by atoms with E-state index in [0.717, 1.165) is 51.4 Å². The lowest BCUT2D eigenvalue weighted by Crippen LogP contribution is -2.56. The average Bonchev–Trinajstić information content (AvgIpc) is 1.86. The van der Waals surface area contributed by atoms with Crippen molar-refractivity contribution in [1.82, 2.24) is 94.5 Å². The molecule has 44 nitrogen and oxygen atoms in total. The van der Waals surface area contributed by atoms with E-state index in [2.05, 4.69) is 79.8 Å². The molecule has 142 heavy (non-hydrogen) atoms. The van der Waals surface area contributed by atoms with Crippen LogP contribution in [0.3, 0.4) is 0 Å². The molecule has 3 aliphatic carbocycles. The van der Waals surface area contributed by atoms with E-state index in [1.807, 2.05) is 0 Å². The molecule has 0 bridgehead atoms. The van der Waals surface area contributed by atoms with Crippen molar-refractivity contribution in [2.24, 2.45) is 75.6 Å². The summed E-state index contributed by atoms with van der Waals surface area (Å²) in [5.41, 5.74) is 41.8. The van der Waals surface area contributed by atoms with Crippen LogP contribution in [0.5, 0.6) is 0 Å². The van der Waals surface area contributed by atoms with Crippen LogP contribution in [0, 0.1) is 35.5 Å². The largest absolute Gasteiger partial charge is 0.368 e. The van der Waals surface area contributed by atoms with E-state index in [9.17, 15) is 91.1 Å². The molecule has 0 spiro atoms. The lowest BCUT2D eigenvalue weighted by Gasteiger charge is -2.31. The lowest BCUT2D eigenvalue weighted by atomic mass is 9.77. The summed E-state index contributed by atoms with van der Waals surface area (Å²) in [6.07, 6.45) is 14.7. The van der Waals surface area contributed by atoms with Crippen molar-refractivity contribution < 1.29 is 91.1 Å². The van der Waals surface area contributed by atoms with Gasteiger partial charge in [0, 0.05) is 64.3 Å². The van der Waals surface area contributed by atoms with Crippen LogP contribution in [-0.2, 0) is 104 Å². The fraction of sp³-hybridized carbons (Fsp3) is 0.684. The normalized spacial score (nSPS) is 20.6. The van der Waals surface area contributed by atoms with Crippen molar-refractivity contribution >= 4 is 112 Å². The molecule has 2 aromatic rings. The predicted octanol–water partition coefficient (Wildman–Crippen LogP) is -4.12. The molecule has 0 aromatic heterocycles. The van der Waals surface area contributed by atoms with Crippen molar-refractivity contribution in [3.63, 3.8) is 0 Å². The van der Waals surface area contributed by atoms with Crippen molar-refractivity contribution in [1.29, 1.82) is 0 Å². The Morgan fingerprint density at radius 2 is 0.627 bits per heavy atom. The molecule has 8 rings (SSSR count). The molecule has 6 aliphatic rings. The average molecular weight is 1990 g/mol. The monoisotopic (exact) mass is 1990 g/mol. The minimum atomic E-state index is -1.29. The maximum Gasteiger partial charge on any atom is 0.243 e. The molecular formula is C98H157N25O19. The number of hydrogen-bond donors (Lipinski definition) is 22. The van der Waals surface area contributed by atoms with Crippen LogP contribution in [0.2, 0.25) is 0 Å². The molecule has 44 heteroatoms. The van der Waals surface area contributed by atoms with Crippen LogP contribution in [-0.4, -0.2) is 298 Å². The van der Waals surface area contributed by atoms with Crippen molar-refractivity contribution in [3.8, 4) is 0 Å². The first kappa shape index (κ1) is 115. The molecule has 3 heterocycles. The summed E-state index contributed by atoms with van der Waals surface area (Å²) in [4.78, 5) is 268. The van der Waals surface area contributed by atoms with Gasteiger partial charge in [-0.25, -0.2) is 0 Å². The van der Waals surface area contributed by atoms with Crippen LogP contribution in [0.1, 0.15) is 217 Å². The molecule has 17 atom stereocenters. The molecule has 788 valence electrons. The number of rotatable bonds is 62. The van der Waals surface area contributed by atoms with E-state index in [1.54, 1.807) is 65.6 Å². The van der Waals surface area contributed by atoms with E-state index in [4.69, 9.17) is 40.1 Å². The molecule has 2 aromatic carbocycles. The highest BCUT2D eigenvalue weighted by Crippen LogP contribution is 2.44. The van der Waals surface area contributed by atoms with Crippen LogP contribution in [0.4, 0.5) is 0 Å². The first-order valence-corrected chi connectivity index (χ1v) is 51.1. The zero-order valence-electron chi connectivity index (χ0n) is 82.4. The summed E-state index contributed by atoms with van der Waals surface area (Å²) in [6.45, 7) is -0.157. The van der Waals surface area contributed by atoms with E-state index < -0.39 is 218 Å². The standard InChI is InChI=1S/C98H157N25O19/c1-61(124)106-51-82(128)117-76(47-62-25-4-2-5-26-62)94(138)112-57-87(133)123-60-66-31-10-12-34-69(66)88(123)97(141)108-53-83(129)116-73(38-16-21-43-101)92(136)110-56-86(132)122-59-65-30-9-13-35-70(65)89(122)98(142)109-54-84(130)118-77(48-63-27-6-3-7-28-63)93(137)111-55-85(131)121-58-64-29-8-11-33-68(64)78(121)50-80(126)114-72(37-15-20-42-100)91(135)107-52-81(127)113-67(32-24-46-104)49-79(125)115-74(39-17-22-44-102)95(139)120-75(40-18-23-45-103)96(140)119-71(90(105)134)36-14-19-41-99/h2-7,25-28,64-78,88-89H,8-24,29-60,99-104H2,1H3,(H2,105,134)(H,106,124)(H,107,135)(H,108,141)(H,109,142)(H,110,136)(H,111,137)(H,112,138)(H,113,127)(H,114,126)(H,115,125)(H,116,129)(H,117,128)(H,118,130)(H,119,140)(H,120,139)/t64?,65?,66?,67-,68?,69?,70?,71-,72-,73+,74-,75+,76-,77-,78-,88-,89-/m0/s1. The molecule has 29 N–H and O–H groups in total.